The quantitative estimate of drug-likeness (QED) is 0.813. The van der Waals surface area contributed by atoms with Crippen LogP contribution in [0.3, 0.4) is 0 Å². The molecule has 0 aliphatic heterocycles. The molecule has 1 aromatic carbocycles. The highest BCUT2D eigenvalue weighted by atomic mass is 16.5. The Morgan fingerprint density at radius 2 is 1.91 bits per heavy atom. The average molecular weight is 314 g/mol. The van der Waals surface area contributed by atoms with Gasteiger partial charge in [-0.1, -0.05) is 20.8 Å². The number of carbonyl (C=O) groups excluding carboxylic acids is 1. The molecule has 0 N–H and O–H groups in total. The lowest BCUT2D eigenvalue weighted by atomic mass is 9.91. The van der Waals surface area contributed by atoms with Gasteiger partial charge in [0.2, 0.25) is 0 Å². The van der Waals surface area contributed by atoms with Gasteiger partial charge in [0.25, 0.3) is 0 Å². The molecule has 0 unspecified atom stereocenters. The smallest absolute Gasteiger partial charge is 0.339 e. The van der Waals surface area contributed by atoms with Crippen LogP contribution in [0.4, 0.5) is 0 Å². The molecule has 1 aliphatic carbocycles. The van der Waals surface area contributed by atoms with Gasteiger partial charge in [-0.25, -0.2) is 4.79 Å². The number of benzene rings is 1. The summed E-state index contributed by atoms with van der Waals surface area (Å²) in [7, 11) is 0. The molecule has 0 spiro atoms. The van der Waals surface area contributed by atoms with Crippen molar-refractivity contribution in [1.29, 1.82) is 0 Å². The van der Waals surface area contributed by atoms with Crippen LogP contribution in [0, 0.1) is 12.3 Å². The number of rotatable bonds is 3. The number of hydrogen-bond acceptors (Lipinski definition) is 4. The van der Waals surface area contributed by atoms with Crippen molar-refractivity contribution in [3.05, 3.63) is 39.2 Å². The standard InChI is InChI=1S/C19H22O4/c1-11-15(22-10-16(20)19(2,3)4)9-8-13-12-6-5-7-14(12)18(21)23-17(11)13/h8-9H,5-7,10H2,1-4H3. The Morgan fingerprint density at radius 1 is 1.22 bits per heavy atom. The first-order valence-electron chi connectivity index (χ1n) is 8.03. The van der Waals surface area contributed by atoms with Crippen LogP contribution in [0.15, 0.2) is 21.3 Å². The molecule has 0 saturated carbocycles. The molecule has 4 nitrogen and oxygen atoms in total. The number of aryl methyl sites for hydroxylation is 2. The molecule has 1 aromatic heterocycles. The molecule has 23 heavy (non-hydrogen) atoms. The van der Waals surface area contributed by atoms with Crippen LogP contribution < -0.4 is 10.4 Å². The summed E-state index contributed by atoms with van der Waals surface area (Å²) in [6.07, 6.45) is 2.71. The van der Waals surface area contributed by atoms with Crippen LogP contribution >= 0.6 is 0 Å². The highest BCUT2D eigenvalue weighted by Gasteiger charge is 2.23. The number of ether oxygens (including phenoxy) is 1. The number of Topliss-reactive ketones (excluding diaryl/α,β-unsaturated/α-hetero) is 1. The monoisotopic (exact) mass is 314 g/mol. The summed E-state index contributed by atoms with van der Waals surface area (Å²) in [5.41, 5.74) is 2.60. The van der Waals surface area contributed by atoms with Gasteiger partial charge in [0.1, 0.15) is 17.9 Å². The molecule has 0 amide bonds. The van der Waals surface area contributed by atoms with E-state index in [1.165, 1.54) is 0 Å². The summed E-state index contributed by atoms with van der Waals surface area (Å²) in [6, 6.07) is 3.80. The molecule has 0 atom stereocenters. The Morgan fingerprint density at radius 3 is 2.61 bits per heavy atom. The first kappa shape index (κ1) is 15.8. The van der Waals surface area contributed by atoms with Gasteiger partial charge in [0, 0.05) is 21.9 Å². The van der Waals surface area contributed by atoms with Crippen molar-refractivity contribution in [1.82, 2.24) is 0 Å². The van der Waals surface area contributed by atoms with E-state index in [-0.39, 0.29) is 18.0 Å². The van der Waals surface area contributed by atoms with Crippen molar-refractivity contribution in [3.8, 4) is 5.75 Å². The molecule has 0 bridgehead atoms. The van der Waals surface area contributed by atoms with Gasteiger partial charge in [0.05, 0.1) is 0 Å². The van der Waals surface area contributed by atoms with E-state index in [1.54, 1.807) is 0 Å². The third-order valence-electron chi connectivity index (χ3n) is 4.54. The maximum Gasteiger partial charge on any atom is 0.339 e. The topological polar surface area (TPSA) is 56.5 Å². The highest BCUT2D eigenvalue weighted by Crippen LogP contribution is 2.33. The van der Waals surface area contributed by atoms with Crippen LogP contribution in [-0.2, 0) is 17.6 Å². The van der Waals surface area contributed by atoms with Crippen molar-refractivity contribution in [2.75, 3.05) is 6.61 Å². The van der Waals surface area contributed by atoms with Crippen LogP contribution in [-0.4, -0.2) is 12.4 Å². The second-order valence-corrected chi connectivity index (χ2v) is 7.23. The third kappa shape index (κ3) is 2.78. The molecule has 3 rings (SSSR count). The second-order valence-electron chi connectivity index (χ2n) is 7.23. The number of carbonyl (C=O) groups is 1. The fourth-order valence-corrected chi connectivity index (χ4v) is 2.98. The van der Waals surface area contributed by atoms with Crippen LogP contribution in [0.5, 0.6) is 5.75 Å². The number of ketones is 1. The summed E-state index contributed by atoms with van der Waals surface area (Å²) in [5.74, 6) is 0.628. The minimum absolute atomic E-state index is 0.0189. The Bertz CT molecular complexity index is 837. The maximum absolute atomic E-state index is 12.1. The van der Waals surface area contributed by atoms with E-state index in [4.69, 9.17) is 9.15 Å². The van der Waals surface area contributed by atoms with E-state index in [9.17, 15) is 9.59 Å². The van der Waals surface area contributed by atoms with Crippen molar-refractivity contribution >= 4 is 16.8 Å². The van der Waals surface area contributed by atoms with E-state index in [0.717, 1.165) is 41.3 Å². The summed E-state index contributed by atoms with van der Waals surface area (Å²) >= 11 is 0. The van der Waals surface area contributed by atoms with Gasteiger partial charge in [-0.05, 0) is 43.9 Å². The highest BCUT2D eigenvalue weighted by molar-refractivity contribution is 5.87. The summed E-state index contributed by atoms with van der Waals surface area (Å²) < 4.78 is 11.2. The lowest BCUT2D eigenvalue weighted by Crippen LogP contribution is -2.26. The molecular weight excluding hydrogens is 292 g/mol. The molecule has 122 valence electrons. The summed E-state index contributed by atoms with van der Waals surface area (Å²) in [4.78, 5) is 24.1. The molecule has 0 saturated heterocycles. The summed E-state index contributed by atoms with van der Waals surface area (Å²) in [5, 5.41) is 0.990. The van der Waals surface area contributed by atoms with Gasteiger partial charge in [-0.15, -0.1) is 0 Å². The van der Waals surface area contributed by atoms with Crippen molar-refractivity contribution in [3.63, 3.8) is 0 Å². The number of fused-ring (bicyclic) bond motifs is 3. The zero-order valence-electron chi connectivity index (χ0n) is 14.1. The van der Waals surface area contributed by atoms with Crippen molar-refractivity contribution < 1.29 is 13.9 Å². The van der Waals surface area contributed by atoms with E-state index < -0.39 is 5.41 Å². The van der Waals surface area contributed by atoms with Crippen LogP contribution in [0.25, 0.3) is 11.0 Å². The molecule has 1 aliphatic rings. The second kappa shape index (κ2) is 5.52. The van der Waals surface area contributed by atoms with Crippen LogP contribution in [0.1, 0.15) is 43.9 Å². The summed E-state index contributed by atoms with van der Waals surface area (Å²) in [6.45, 7) is 7.49. The number of hydrogen-bond donors (Lipinski definition) is 0. The molecular formula is C19H22O4. The first-order valence-corrected chi connectivity index (χ1v) is 8.03. The lowest BCUT2D eigenvalue weighted by molar-refractivity contribution is -0.128. The van der Waals surface area contributed by atoms with Gasteiger partial charge in [0.15, 0.2) is 5.78 Å². The molecule has 2 aromatic rings. The first-order chi connectivity index (χ1) is 10.8. The minimum Gasteiger partial charge on any atom is -0.485 e. The molecule has 1 heterocycles. The molecule has 0 fully saturated rings. The minimum atomic E-state index is -0.432. The zero-order valence-corrected chi connectivity index (χ0v) is 14.1. The van der Waals surface area contributed by atoms with E-state index in [0.29, 0.717) is 11.3 Å². The Kier molecular flexibility index (Phi) is 3.78. The predicted molar refractivity (Wildman–Crippen MR) is 89.2 cm³/mol. The van der Waals surface area contributed by atoms with Gasteiger partial charge in [-0.2, -0.15) is 0 Å². The molecule has 4 heteroatoms. The van der Waals surface area contributed by atoms with Crippen molar-refractivity contribution in [2.24, 2.45) is 5.41 Å². The largest absolute Gasteiger partial charge is 0.485 e. The zero-order chi connectivity index (χ0) is 16.8. The fraction of sp³-hybridized carbons (Fsp3) is 0.474. The average Bonchev–Trinajstić information content (AvgIpc) is 2.96. The van der Waals surface area contributed by atoms with Crippen LogP contribution in [0.2, 0.25) is 0 Å². The Labute approximate surface area is 135 Å². The SMILES string of the molecule is Cc1c(OCC(=O)C(C)(C)C)ccc2c3c(c(=O)oc12)CCC3. The van der Waals surface area contributed by atoms with E-state index in [1.807, 2.05) is 39.8 Å². The maximum atomic E-state index is 12.1. The van der Waals surface area contributed by atoms with E-state index >= 15 is 0 Å². The lowest BCUT2D eigenvalue weighted by Gasteiger charge is -2.18. The van der Waals surface area contributed by atoms with Crippen molar-refractivity contribution in [2.45, 2.75) is 47.0 Å². The normalized spacial score (nSPS) is 14.1. The molecule has 0 radical (unpaired) electrons. The fourth-order valence-electron chi connectivity index (χ4n) is 2.98. The van der Waals surface area contributed by atoms with Gasteiger partial charge >= 0.3 is 5.63 Å². The Hall–Kier alpha value is -2.10. The predicted octanol–water partition coefficient (Wildman–Crippen LogP) is 3.58. The Balaban J connectivity index is 1.99. The van der Waals surface area contributed by atoms with Gasteiger partial charge in [-0.3, -0.25) is 4.79 Å². The van der Waals surface area contributed by atoms with E-state index in [2.05, 4.69) is 0 Å². The third-order valence-corrected chi connectivity index (χ3v) is 4.54. The van der Waals surface area contributed by atoms with Gasteiger partial charge < -0.3 is 9.15 Å².